The molecule has 1 atom stereocenters. The number of hydrogen-bond acceptors (Lipinski definition) is 8. The number of pyridine rings is 1. The van der Waals surface area contributed by atoms with Crippen LogP contribution in [0.4, 0.5) is 6.01 Å². The van der Waals surface area contributed by atoms with Crippen LogP contribution in [0.5, 0.6) is 5.88 Å². The van der Waals surface area contributed by atoms with Gasteiger partial charge in [0.2, 0.25) is 5.88 Å². The number of aliphatic hydroxyl groups excluding tert-OH is 1. The number of rotatable bonds is 11. The molecule has 9 nitrogen and oxygen atoms in total. The Morgan fingerprint density at radius 3 is 2.67 bits per heavy atom. The van der Waals surface area contributed by atoms with E-state index in [0.717, 1.165) is 44.6 Å². The highest BCUT2D eigenvalue weighted by Gasteiger charge is 2.23. The molecule has 0 radical (unpaired) electrons. The van der Waals surface area contributed by atoms with E-state index in [9.17, 15) is 4.79 Å². The fraction of sp³-hybridized carbons (Fsp3) is 0.667. The van der Waals surface area contributed by atoms with Gasteiger partial charge >= 0.3 is 6.01 Å². The number of carbonyl (C=O) groups is 1. The molecule has 1 aliphatic heterocycles. The molecule has 0 spiro atoms. The van der Waals surface area contributed by atoms with Crippen molar-refractivity contribution in [2.45, 2.75) is 59.3 Å². The summed E-state index contributed by atoms with van der Waals surface area (Å²) in [5.74, 6) is 2.08. The van der Waals surface area contributed by atoms with Gasteiger partial charge in [0.1, 0.15) is 0 Å². The second kappa shape index (κ2) is 12.0. The van der Waals surface area contributed by atoms with E-state index in [1.165, 1.54) is 0 Å². The summed E-state index contributed by atoms with van der Waals surface area (Å²) in [6.07, 6.45) is 4.28. The molecule has 1 fully saturated rings. The van der Waals surface area contributed by atoms with Gasteiger partial charge in [-0.1, -0.05) is 25.9 Å². The van der Waals surface area contributed by atoms with Crippen LogP contribution < -0.4 is 15.0 Å². The van der Waals surface area contributed by atoms with Gasteiger partial charge in [-0.15, -0.1) is 0 Å². The summed E-state index contributed by atoms with van der Waals surface area (Å²) in [5.41, 5.74) is 1.16. The minimum Gasteiger partial charge on any atom is -0.478 e. The highest BCUT2D eigenvalue weighted by atomic mass is 16.5. The molecule has 3 rings (SSSR count). The zero-order valence-corrected chi connectivity index (χ0v) is 20.2. The Kier molecular flexibility index (Phi) is 9.05. The summed E-state index contributed by atoms with van der Waals surface area (Å²) in [6.45, 7) is 10.8. The number of anilines is 1. The lowest BCUT2D eigenvalue weighted by Crippen LogP contribution is -2.34. The zero-order chi connectivity index (χ0) is 23.8. The number of piperidine rings is 1. The summed E-state index contributed by atoms with van der Waals surface area (Å²) >= 11 is 0. The Morgan fingerprint density at radius 1 is 1.27 bits per heavy atom. The average Bonchev–Trinajstić information content (AvgIpc) is 3.31. The summed E-state index contributed by atoms with van der Waals surface area (Å²) in [4.78, 5) is 23.4. The van der Waals surface area contributed by atoms with Gasteiger partial charge in [0.25, 0.3) is 5.91 Å². The normalized spacial score (nSPS) is 15.6. The first-order valence-electron chi connectivity index (χ1n) is 12.0. The highest BCUT2D eigenvalue weighted by molar-refractivity contribution is 5.95. The standard InChI is InChI=1S/C24H37N5O4/c1-16(2)22-27-24(33-28-22)29-11-9-19(10-12-29)6-5-13-32-21-8-7-20(18(4)26-21)23(31)25-14-17(3)15-30/h7-8,16-17,19,30H,5-6,9-15H2,1-4H3,(H,25,31)/t17-/m1/s1. The molecule has 2 aromatic rings. The second-order valence-electron chi connectivity index (χ2n) is 9.29. The molecular weight excluding hydrogens is 422 g/mol. The van der Waals surface area contributed by atoms with Crippen LogP contribution in [0.1, 0.15) is 74.2 Å². The number of amides is 1. The maximum atomic E-state index is 12.3. The van der Waals surface area contributed by atoms with Gasteiger partial charge in [0, 0.05) is 38.2 Å². The Balaban J connectivity index is 1.36. The summed E-state index contributed by atoms with van der Waals surface area (Å²) < 4.78 is 11.2. The Bertz CT molecular complexity index is 893. The average molecular weight is 460 g/mol. The van der Waals surface area contributed by atoms with Crippen molar-refractivity contribution in [1.29, 1.82) is 0 Å². The Hall–Kier alpha value is -2.68. The van der Waals surface area contributed by atoms with E-state index in [4.69, 9.17) is 14.4 Å². The van der Waals surface area contributed by atoms with Crippen LogP contribution in [-0.4, -0.2) is 59.0 Å². The maximum absolute atomic E-state index is 12.3. The number of aryl methyl sites for hydroxylation is 1. The predicted octanol–water partition coefficient (Wildman–Crippen LogP) is 3.33. The molecular formula is C24H37N5O4. The molecule has 182 valence electrons. The fourth-order valence-electron chi connectivity index (χ4n) is 3.84. The van der Waals surface area contributed by atoms with E-state index in [-0.39, 0.29) is 24.3 Å². The summed E-state index contributed by atoms with van der Waals surface area (Å²) in [7, 11) is 0. The van der Waals surface area contributed by atoms with Crippen LogP contribution in [0.3, 0.4) is 0 Å². The lowest BCUT2D eigenvalue weighted by Gasteiger charge is -2.30. The summed E-state index contributed by atoms with van der Waals surface area (Å²) in [6, 6.07) is 4.13. The van der Waals surface area contributed by atoms with Gasteiger partial charge in [-0.05, 0) is 50.5 Å². The van der Waals surface area contributed by atoms with Crippen molar-refractivity contribution in [3.8, 4) is 5.88 Å². The molecule has 1 aliphatic rings. The molecule has 3 heterocycles. The molecule has 0 saturated carbocycles. The van der Waals surface area contributed by atoms with Crippen molar-refractivity contribution in [2.75, 3.05) is 37.7 Å². The van der Waals surface area contributed by atoms with E-state index in [1.807, 2.05) is 6.92 Å². The molecule has 9 heteroatoms. The molecule has 0 bridgehead atoms. The first-order valence-corrected chi connectivity index (χ1v) is 12.0. The smallest absolute Gasteiger partial charge is 0.324 e. The molecule has 2 N–H and O–H groups in total. The highest BCUT2D eigenvalue weighted by Crippen LogP contribution is 2.26. The van der Waals surface area contributed by atoms with Crippen LogP contribution >= 0.6 is 0 Å². The zero-order valence-electron chi connectivity index (χ0n) is 20.2. The monoisotopic (exact) mass is 459 g/mol. The fourth-order valence-corrected chi connectivity index (χ4v) is 3.84. The van der Waals surface area contributed by atoms with Crippen LogP contribution in [0.25, 0.3) is 0 Å². The molecule has 0 aliphatic carbocycles. The minimum atomic E-state index is -0.181. The van der Waals surface area contributed by atoms with Crippen LogP contribution in [-0.2, 0) is 0 Å². The van der Waals surface area contributed by atoms with Crippen molar-refractivity contribution < 1.29 is 19.2 Å². The van der Waals surface area contributed by atoms with E-state index >= 15 is 0 Å². The Morgan fingerprint density at radius 2 is 2.03 bits per heavy atom. The lowest BCUT2D eigenvalue weighted by molar-refractivity contribution is 0.0941. The third kappa shape index (κ3) is 7.15. The maximum Gasteiger partial charge on any atom is 0.324 e. The quantitative estimate of drug-likeness (QED) is 0.492. The van der Waals surface area contributed by atoms with Crippen LogP contribution in [0, 0.1) is 18.8 Å². The minimum absolute atomic E-state index is 0.0219. The van der Waals surface area contributed by atoms with Gasteiger partial charge in [0.05, 0.1) is 17.9 Å². The number of hydrogen-bond donors (Lipinski definition) is 2. The van der Waals surface area contributed by atoms with Crippen molar-refractivity contribution in [3.63, 3.8) is 0 Å². The first kappa shape index (κ1) is 25.0. The number of aromatic nitrogens is 3. The number of ether oxygens (including phenoxy) is 1. The number of aliphatic hydroxyl groups is 1. The number of nitrogens with zero attached hydrogens (tertiary/aromatic N) is 4. The van der Waals surface area contributed by atoms with Gasteiger partial charge in [-0.3, -0.25) is 4.79 Å². The molecule has 0 aromatic carbocycles. The van der Waals surface area contributed by atoms with Crippen molar-refractivity contribution in [2.24, 2.45) is 11.8 Å². The van der Waals surface area contributed by atoms with E-state index in [2.05, 4.69) is 39.2 Å². The third-order valence-electron chi connectivity index (χ3n) is 6.07. The molecule has 2 aromatic heterocycles. The van der Waals surface area contributed by atoms with Gasteiger partial charge < -0.3 is 24.6 Å². The molecule has 1 saturated heterocycles. The Labute approximate surface area is 195 Å². The number of nitrogens with one attached hydrogen (secondary N) is 1. The lowest BCUT2D eigenvalue weighted by atomic mass is 9.92. The van der Waals surface area contributed by atoms with Gasteiger partial charge in [-0.2, -0.15) is 4.98 Å². The van der Waals surface area contributed by atoms with Crippen LogP contribution in [0.15, 0.2) is 16.7 Å². The molecule has 0 unspecified atom stereocenters. The first-order chi connectivity index (χ1) is 15.9. The largest absolute Gasteiger partial charge is 0.478 e. The van der Waals surface area contributed by atoms with E-state index in [0.29, 0.717) is 42.2 Å². The summed E-state index contributed by atoms with van der Waals surface area (Å²) in [5, 5.41) is 16.0. The van der Waals surface area contributed by atoms with Crippen molar-refractivity contribution in [3.05, 3.63) is 29.2 Å². The van der Waals surface area contributed by atoms with Crippen LogP contribution in [0.2, 0.25) is 0 Å². The SMILES string of the molecule is Cc1nc(OCCCC2CCN(c3nc(C(C)C)no3)CC2)ccc1C(=O)NC[C@@H](C)CO. The van der Waals surface area contributed by atoms with Gasteiger partial charge in [0.15, 0.2) is 5.82 Å². The van der Waals surface area contributed by atoms with Crippen molar-refractivity contribution in [1.82, 2.24) is 20.4 Å². The van der Waals surface area contributed by atoms with Crippen molar-refractivity contribution >= 4 is 11.9 Å². The molecule has 33 heavy (non-hydrogen) atoms. The number of carbonyl (C=O) groups excluding carboxylic acids is 1. The third-order valence-corrected chi connectivity index (χ3v) is 6.07. The second-order valence-corrected chi connectivity index (χ2v) is 9.29. The predicted molar refractivity (Wildman–Crippen MR) is 126 cm³/mol. The van der Waals surface area contributed by atoms with E-state index < -0.39 is 0 Å². The topological polar surface area (TPSA) is 114 Å². The molecule has 1 amide bonds. The van der Waals surface area contributed by atoms with E-state index in [1.54, 1.807) is 19.1 Å². The van der Waals surface area contributed by atoms with Gasteiger partial charge in [-0.25, -0.2) is 4.98 Å².